The van der Waals surface area contributed by atoms with Crippen molar-refractivity contribution in [2.75, 3.05) is 25.5 Å². The highest BCUT2D eigenvalue weighted by molar-refractivity contribution is 5.58. The summed E-state index contributed by atoms with van der Waals surface area (Å²) in [6.45, 7) is 5.31. The van der Waals surface area contributed by atoms with E-state index in [4.69, 9.17) is 5.73 Å². The lowest BCUT2D eigenvalue weighted by molar-refractivity contribution is 0.301. The van der Waals surface area contributed by atoms with E-state index in [0.29, 0.717) is 5.92 Å². The molecule has 0 unspecified atom stereocenters. The average molecular weight is 274 g/mol. The van der Waals surface area contributed by atoms with Crippen molar-refractivity contribution in [2.24, 2.45) is 5.73 Å². The van der Waals surface area contributed by atoms with Gasteiger partial charge in [0.2, 0.25) is 0 Å². The van der Waals surface area contributed by atoms with Crippen LogP contribution in [-0.2, 0) is 5.41 Å². The van der Waals surface area contributed by atoms with E-state index in [2.05, 4.69) is 51.0 Å². The molecule has 2 heteroatoms. The Kier molecular flexibility index (Phi) is 4.74. The van der Waals surface area contributed by atoms with Crippen molar-refractivity contribution >= 4 is 5.69 Å². The molecule has 0 atom stereocenters. The molecule has 0 saturated heterocycles. The molecule has 0 heterocycles. The van der Waals surface area contributed by atoms with Crippen LogP contribution < -0.4 is 10.6 Å². The molecule has 1 saturated carbocycles. The van der Waals surface area contributed by atoms with Crippen LogP contribution >= 0.6 is 0 Å². The Balaban J connectivity index is 2.52. The van der Waals surface area contributed by atoms with Crippen LogP contribution in [0.2, 0.25) is 0 Å². The maximum atomic E-state index is 6.25. The first kappa shape index (κ1) is 15.4. The Morgan fingerprint density at radius 3 is 2.30 bits per heavy atom. The Bertz CT molecular complexity index is 443. The van der Waals surface area contributed by atoms with Crippen molar-refractivity contribution in [2.45, 2.75) is 57.3 Å². The number of benzene rings is 1. The van der Waals surface area contributed by atoms with Gasteiger partial charge in [0.05, 0.1) is 0 Å². The third-order valence-corrected chi connectivity index (χ3v) is 4.94. The fraction of sp³-hybridized carbons (Fsp3) is 0.667. The van der Waals surface area contributed by atoms with Crippen molar-refractivity contribution in [3.63, 3.8) is 0 Å². The van der Waals surface area contributed by atoms with E-state index in [1.54, 1.807) is 0 Å². The standard InChI is InChI=1S/C18H30N2/c1-14(2)15-8-9-17(20(3)4)16(12-15)18(13-19)10-6-5-7-11-18/h8-9,12,14H,5-7,10-11,13,19H2,1-4H3. The van der Waals surface area contributed by atoms with Gasteiger partial charge in [-0.1, -0.05) is 45.2 Å². The van der Waals surface area contributed by atoms with Gasteiger partial charge in [0, 0.05) is 31.7 Å². The number of anilines is 1. The quantitative estimate of drug-likeness (QED) is 0.898. The van der Waals surface area contributed by atoms with Crippen LogP contribution in [0.15, 0.2) is 18.2 Å². The Labute approximate surface area is 124 Å². The molecule has 0 amide bonds. The molecule has 1 aliphatic rings. The molecule has 0 bridgehead atoms. The smallest absolute Gasteiger partial charge is 0.0399 e. The summed E-state index contributed by atoms with van der Waals surface area (Å²) in [4.78, 5) is 2.24. The van der Waals surface area contributed by atoms with Crippen molar-refractivity contribution < 1.29 is 0 Å². The third kappa shape index (κ3) is 2.85. The topological polar surface area (TPSA) is 29.3 Å². The van der Waals surface area contributed by atoms with Gasteiger partial charge < -0.3 is 10.6 Å². The van der Waals surface area contributed by atoms with Gasteiger partial charge in [0.1, 0.15) is 0 Å². The largest absolute Gasteiger partial charge is 0.377 e. The zero-order chi connectivity index (χ0) is 14.8. The second-order valence-electron chi connectivity index (χ2n) is 6.87. The van der Waals surface area contributed by atoms with E-state index >= 15 is 0 Å². The van der Waals surface area contributed by atoms with Gasteiger partial charge in [-0.05, 0) is 36.0 Å². The second kappa shape index (κ2) is 6.17. The number of nitrogens with two attached hydrogens (primary N) is 1. The Morgan fingerprint density at radius 2 is 1.80 bits per heavy atom. The highest BCUT2D eigenvalue weighted by Gasteiger charge is 2.35. The second-order valence-corrected chi connectivity index (χ2v) is 6.87. The van der Waals surface area contributed by atoms with Crippen molar-refractivity contribution in [3.05, 3.63) is 29.3 Å². The first-order chi connectivity index (χ1) is 9.50. The van der Waals surface area contributed by atoms with Crippen LogP contribution in [0.4, 0.5) is 5.69 Å². The maximum absolute atomic E-state index is 6.25. The highest BCUT2D eigenvalue weighted by Crippen LogP contribution is 2.43. The zero-order valence-electron chi connectivity index (χ0n) is 13.6. The summed E-state index contributed by atoms with van der Waals surface area (Å²) < 4.78 is 0. The SMILES string of the molecule is CC(C)c1ccc(N(C)C)c(C2(CN)CCCCC2)c1. The molecule has 1 aliphatic carbocycles. The highest BCUT2D eigenvalue weighted by atomic mass is 15.1. The minimum absolute atomic E-state index is 0.197. The Morgan fingerprint density at radius 1 is 1.15 bits per heavy atom. The van der Waals surface area contributed by atoms with Gasteiger partial charge in [-0.3, -0.25) is 0 Å². The number of nitrogens with zero attached hydrogens (tertiary/aromatic N) is 1. The van der Waals surface area contributed by atoms with E-state index in [1.165, 1.54) is 48.9 Å². The van der Waals surface area contributed by atoms with Gasteiger partial charge in [-0.15, -0.1) is 0 Å². The predicted molar refractivity (Wildman–Crippen MR) is 88.7 cm³/mol. The number of hydrogen-bond acceptors (Lipinski definition) is 2. The fourth-order valence-electron chi connectivity index (χ4n) is 3.54. The molecule has 2 N–H and O–H groups in total. The average Bonchev–Trinajstić information content (AvgIpc) is 2.47. The molecule has 2 nitrogen and oxygen atoms in total. The molecule has 20 heavy (non-hydrogen) atoms. The molecule has 112 valence electrons. The monoisotopic (exact) mass is 274 g/mol. The van der Waals surface area contributed by atoms with Gasteiger partial charge in [-0.25, -0.2) is 0 Å². The molecule has 1 aromatic rings. The van der Waals surface area contributed by atoms with Crippen LogP contribution in [0.5, 0.6) is 0 Å². The van der Waals surface area contributed by atoms with Gasteiger partial charge in [-0.2, -0.15) is 0 Å². The van der Waals surface area contributed by atoms with Crippen LogP contribution in [0.3, 0.4) is 0 Å². The van der Waals surface area contributed by atoms with Crippen LogP contribution in [0, 0.1) is 0 Å². The van der Waals surface area contributed by atoms with Gasteiger partial charge in [0.25, 0.3) is 0 Å². The molecule has 0 aliphatic heterocycles. The van der Waals surface area contributed by atoms with Crippen LogP contribution in [-0.4, -0.2) is 20.6 Å². The lowest BCUT2D eigenvalue weighted by Gasteiger charge is -2.39. The fourth-order valence-corrected chi connectivity index (χ4v) is 3.54. The minimum Gasteiger partial charge on any atom is -0.377 e. The third-order valence-electron chi connectivity index (χ3n) is 4.94. The number of rotatable bonds is 4. The summed E-state index contributed by atoms with van der Waals surface area (Å²) in [5, 5.41) is 0. The maximum Gasteiger partial charge on any atom is 0.0399 e. The van der Waals surface area contributed by atoms with Gasteiger partial charge in [0.15, 0.2) is 0 Å². The summed E-state index contributed by atoms with van der Waals surface area (Å²) in [6, 6.07) is 6.99. The van der Waals surface area contributed by atoms with E-state index in [1.807, 2.05) is 0 Å². The predicted octanol–water partition coefficient (Wildman–Crippen LogP) is 4.04. The molecular weight excluding hydrogens is 244 g/mol. The summed E-state index contributed by atoms with van der Waals surface area (Å²) in [7, 11) is 4.28. The van der Waals surface area contributed by atoms with Crippen molar-refractivity contribution in [3.8, 4) is 0 Å². The van der Waals surface area contributed by atoms with E-state index < -0.39 is 0 Å². The Hall–Kier alpha value is -1.02. The molecular formula is C18H30N2. The molecule has 0 spiro atoms. The van der Waals surface area contributed by atoms with E-state index in [0.717, 1.165) is 6.54 Å². The van der Waals surface area contributed by atoms with E-state index in [-0.39, 0.29) is 5.41 Å². The zero-order valence-corrected chi connectivity index (χ0v) is 13.6. The molecule has 2 rings (SSSR count). The van der Waals surface area contributed by atoms with Gasteiger partial charge >= 0.3 is 0 Å². The van der Waals surface area contributed by atoms with E-state index in [9.17, 15) is 0 Å². The summed E-state index contributed by atoms with van der Waals surface area (Å²) >= 11 is 0. The van der Waals surface area contributed by atoms with Crippen molar-refractivity contribution in [1.82, 2.24) is 0 Å². The molecule has 0 radical (unpaired) electrons. The number of hydrogen-bond donors (Lipinski definition) is 1. The van der Waals surface area contributed by atoms with Crippen LogP contribution in [0.25, 0.3) is 0 Å². The normalized spacial score (nSPS) is 18.3. The van der Waals surface area contributed by atoms with Crippen molar-refractivity contribution in [1.29, 1.82) is 0 Å². The molecule has 0 aromatic heterocycles. The lowest BCUT2D eigenvalue weighted by atomic mass is 9.68. The summed E-state index contributed by atoms with van der Waals surface area (Å²) in [5.74, 6) is 0.573. The first-order valence-corrected chi connectivity index (χ1v) is 8.02. The summed E-state index contributed by atoms with van der Waals surface area (Å²) in [6.07, 6.45) is 6.48. The summed E-state index contributed by atoms with van der Waals surface area (Å²) in [5.41, 5.74) is 10.7. The molecule has 1 aromatic carbocycles. The lowest BCUT2D eigenvalue weighted by Crippen LogP contribution is -2.38. The van der Waals surface area contributed by atoms with Crippen LogP contribution in [0.1, 0.15) is 63.0 Å². The minimum atomic E-state index is 0.197. The first-order valence-electron chi connectivity index (χ1n) is 8.02. The molecule has 1 fully saturated rings.